The largest absolute Gasteiger partial charge is 0.493 e. The molecule has 2 aromatic carbocycles. The molecule has 0 radical (unpaired) electrons. The first-order valence-corrected chi connectivity index (χ1v) is 28.9. The van der Waals surface area contributed by atoms with Crippen molar-refractivity contribution in [1.82, 2.24) is 5.32 Å². The van der Waals surface area contributed by atoms with Crippen molar-refractivity contribution in [2.24, 2.45) is 0 Å². The summed E-state index contributed by atoms with van der Waals surface area (Å²) in [6.45, 7) is 14.1. The summed E-state index contributed by atoms with van der Waals surface area (Å²) in [6, 6.07) is 12.4. The molecule has 0 aliphatic heterocycles. The summed E-state index contributed by atoms with van der Waals surface area (Å²) in [7, 11) is 3.24. The number of hydrogen-bond acceptors (Lipinski definition) is 10. The summed E-state index contributed by atoms with van der Waals surface area (Å²) < 4.78 is 46.7. The molecule has 0 bridgehead atoms. The van der Waals surface area contributed by atoms with E-state index in [0.717, 1.165) is 37.7 Å². The topological polar surface area (TPSA) is 120 Å². The van der Waals surface area contributed by atoms with Gasteiger partial charge in [0.05, 0.1) is 31.0 Å². The molecule has 11 nitrogen and oxygen atoms in total. The van der Waals surface area contributed by atoms with Gasteiger partial charge >= 0.3 is 12.1 Å². The number of hydrogen-bond donors (Lipinski definition) is 1. The Morgan fingerprint density at radius 1 is 0.486 bits per heavy atom. The lowest BCUT2D eigenvalue weighted by Crippen LogP contribution is -2.39. The third-order valence-corrected chi connectivity index (χ3v) is 13.3. The van der Waals surface area contributed by atoms with Gasteiger partial charge in [-0.25, -0.2) is 4.79 Å². The normalized spacial score (nSPS) is 12.2. The first-order chi connectivity index (χ1) is 34.9. The smallest absolute Gasteiger partial charge is 0.412 e. The van der Waals surface area contributed by atoms with Crippen LogP contribution in [0.5, 0.6) is 23.0 Å². The second kappa shape index (κ2) is 41.9. The number of esters is 1. The number of carbonyl (C=O) groups is 2. The molecule has 2 rings (SSSR count). The average molecular weight is 1010 g/mol. The van der Waals surface area contributed by atoms with Gasteiger partial charge in [0.25, 0.3) is 0 Å². The van der Waals surface area contributed by atoms with Crippen LogP contribution >= 0.6 is 0 Å². The summed E-state index contributed by atoms with van der Waals surface area (Å²) in [6.07, 6.45) is 37.5. The predicted octanol–water partition coefficient (Wildman–Crippen LogP) is 17.2. The quantitative estimate of drug-likeness (QED) is 0.0297. The maximum atomic E-state index is 13.0. The van der Waals surface area contributed by atoms with Gasteiger partial charge in [0.1, 0.15) is 29.6 Å². The molecule has 2 aromatic rings. The van der Waals surface area contributed by atoms with E-state index in [-0.39, 0.29) is 30.5 Å². The van der Waals surface area contributed by atoms with Crippen molar-refractivity contribution >= 4 is 12.1 Å². The fourth-order valence-electron chi connectivity index (χ4n) is 8.44. The van der Waals surface area contributed by atoms with Crippen molar-refractivity contribution in [2.45, 2.75) is 258 Å². The molecule has 0 aliphatic rings. The standard InChI is InChI=1S/C61H105NO10/c1-9-11-13-15-17-19-21-23-25-27-29-31-33-35-37-39-57(63)71-55-47-54(67-45-38-36-34-32-30-28-26-24-22-20-18-16-14-12-10-2)48-56(49-55)72-59(64)62-44-46-68-58(65-7)52-40-42-53(43-41-52)69-50-61(5,6)70-51-60(3,4)66-8/h40-43,47-49,58H,9-39,44-46,50-51H2,1-8H3,(H,62,64). The molecule has 0 aliphatic carbocycles. The number of benzene rings is 2. The number of methoxy groups -OCH3 is 2. The zero-order chi connectivity index (χ0) is 52.4. The molecule has 0 spiro atoms. The molecule has 1 atom stereocenters. The Kier molecular flexibility index (Phi) is 37.7. The van der Waals surface area contributed by atoms with Crippen molar-refractivity contribution in [3.8, 4) is 23.0 Å². The Morgan fingerprint density at radius 3 is 1.40 bits per heavy atom. The molecule has 414 valence electrons. The number of amides is 1. The van der Waals surface area contributed by atoms with Gasteiger partial charge in [-0.2, -0.15) is 0 Å². The summed E-state index contributed by atoms with van der Waals surface area (Å²) in [5.41, 5.74) is -0.0988. The molecule has 72 heavy (non-hydrogen) atoms. The van der Waals surface area contributed by atoms with E-state index in [1.165, 1.54) is 161 Å². The van der Waals surface area contributed by atoms with Crippen molar-refractivity contribution in [2.75, 3.05) is 47.2 Å². The van der Waals surface area contributed by atoms with Gasteiger partial charge in [0, 0.05) is 50.9 Å². The Morgan fingerprint density at radius 2 is 0.931 bits per heavy atom. The molecule has 1 amide bonds. The van der Waals surface area contributed by atoms with Crippen LogP contribution in [0.2, 0.25) is 0 Å². The number of unbranched alkanes of at least 4 members (excludes halogenated alkanes) is 28. The molecule has 1 unspecified atom stereocenters. The van der Waals surface area contributed by atoms with E-state index in [4.69, 9.17) is 37.9 Å². The van der Waals surface area contributed by atoms with Crippen LogP contribution in [0.25, 0.3) is 0 Å². The van der Waals surface area contributed by atoms with Crippen LogP contribution in [0.15, 0.2) is 42.5 Å². The number of carbonyl (C=O) groups excluding carboxylic acids is 2. The maximum Gasteiger partial charge on any atom is 0.412 e. The van der Waals surface area contributed by atoms with Gasteiger partial charge in [0.15, 0.2) is 6.29 Å². The lowest BCUT2D eigenvalue weighted by Gasteiger charge is -2.31. The van der Waals surface area contributed by atoms with E-state index in [1.807, 2.05) is 52.0 Å². The summed E-state index contributed by atoms with van der Waals surface area (Å²) in [4.78, 5) is 26.0. The van der Waals surface area contributed by atoms with Crippen LogP contribution in [0.4, 0.5) is 4.79 Å². The SMILES string of the molecule is CCCCCCCCCCCCCCCCCOc1cc(OC(=O)CCCCCCCCCCCCCCCCC)cc(OC(=O)NCCOC(OC)c2ccc(OCC(C)(C)OCC(C)(C)OC)cc2)c1. The van der Waals surface area contributed by atoms with Gasteiger partial charge in [-0.15, -0.1) is 0 Å². The molecule has 0 fully saturated rings. The second-order valence-electron chi connectivity index (χ2n) is 21.2. The van der Waals surface area contributed by atoms with Gasteiger partial charge in [-0.1, -0.05) is 206 Å². The van der Waals surface area contributed by atoms with E-state index in [9.17, 15) is 9.59 Å². The van der Waals surface area contributed by atoms with E-state index in [2.05, 4.69) is 19.2 Å². The zero-order valence-corrected chi connectivity index (χ0v) is 47.2. The fourth-order valence-corrected chi connectivity index (χ4v) is 8.44. The van der Waals surface area contributed by atoms with Crippen LogP contribution in [0.3, 0.4) is 0 Å². The van der Waals surface area contributed by atoms with Crippen molar-refractivity contribution in [1.29, 1.82) is 0 Å². The van der Waals surface area contributed by atoms with Crippen LogP contribution < -0.4 is 24.3 Å². The first-order valence-electron chi connectivity index (χ1n) is 28.9. The van der Waals surface area contributed by atoms with Crippen molar-refractivity contribution in [3.05, 3.63) is 48.0 Å². The molecular weight excluding hydrogens is 907 g/mol. The van der Waals surface area contributed by atoms with E-state index < -0.39 is 18.0 Å². The van der Waals surface area contributed by atoms with E-state index in [1.54, 1.807) is 32.4 Å². The zero-order valence-electron chi connectivity index (χ0n) is 47.2. The highest BCUT2D eigenvalue weighted by Crippen LogP contribution is 2.30. The van der Waals surface area contributed by atoms with Gasteiger partial charge < -0.3 is 43.2 Å². The van der Waals surface area contributed by atoms with Crippen molar-refractivity contribution < 1.29 is 47.5 Å². The van der Waals surface area contributed by atoms with Crippen molar-refractivity contribution in [3.63, 3.8) is 0 Å². The highest BCUT2D eigenvalue weighted by atomic mass is 16.7. The highest BCUT2D eigenvalue weighted by Gasteiger charge is 2.26. The second-order valence-corrected chi connectivity index (χ2v) is 21.2. The van der Waals surface area contributed by atoms with Crippen LogP contribution in [-0.2, 0) is 23.7 Å². The minimum absolute atomic E-state index is 0.166. The average Bonchev–Trinajstić information content (AvgIpc) is 3.36. The van der Waals surface area contributed by atoms with Crippen LogP contribution in [0.1, 0.15) is 252 Å². The van der Waals surface area contributed by atoms with Gasteiger partial charge in [-0.05, 0) is 52.7 Å². The molecule has 0 saturated heterocycles. The van der Waals surface area contributed by atoms with E-state index in [0.29, 0.717) is 43.5 Å². The van der Waals surface area contributed by atoms with Crippen LogP contribution in [0, 0.1) is 0 Å². The monoisotopic (exact) mass is 1010 g/mol. The Bertz CT molecular complexity index is 1610. The fraction of sp³-hybridized carbons (Fsp3) is 0.770. The van der Waals surface area contributed by atoms with Crippen LogP contribution in [-0.4, -0.2) is 70.5 Å². The molecule has 0 saturated carbocycles. The number of rotatable bonds is 48. The lowest BCUT2D eigenvalue weighted by atomic mass is 10.0. The minimum atomic E-state index is -0.665. The van der Waals surface area contributed by atoms with Gasteiger partial charge in [-0.3, -0.25) is 4.79 Å². The Labute approximate surface area is 439 Å². The number of ether oxygens (including phenoxy) is 8. The number of nitrogens with one attached hydrogen (secondary N) is 1. The Balaban J connectivity index is 1.81. The highest BCUT2D eigenvalue weighted by molar-refractivity contribution is 5.73. The van der Waals surface area contributed by atoms with E-state index >= 15 is 0 Å². The molecule has 11 heteroatoms. The Hall–Kier alpha value is -3.38. The summed E-state index contributed by atoms with van der Waals surface area (Å²) >= 11 is 0. The molecule has 0 heterocycles. The maximum absolute atomic E-state index is 13.0. The van der Waals surface area contributed by atoms with Gasteiger partial charge in [0.2, 0.25) is 0 Å². The summed E-state index contributed by atoms with van der Waals surface area (Å²) in [5.74, 6) is 1.40. The molecule has 1 N–H and O–H groups in total. The molecule has 0 aromatic heterocycles. The minimum Gasteiger partial charge on any atom is -0.493 e. The first kappa shape index (κ1) is 64.7. The summed E-state index contributed by atoms with van der Waals surface area (Å²) in [5, 5.41) is 2.75. The predicted molar refractivity (Wildman–Crippen MR) is 295 cm³/mol. The third kappa shape index (κ3) is 34.9. The lowest BCUT2D eigenvalue weighted by molar-refractivity contribution is -0.134. The third-order valence-electron chi connectivity index (χ3n) is 13.3. The molecular formula is C61H105NO10.